The van der Waals surface area contributed by atoms with Crippen molar-refractivity contribution in [1.82, 2.24) is 0 Å². The number of benzene rings is 2. The fraction of sp³-hybridized carbons (Fsp3) is 0.600. The molecule has 2 heterocycles. The van der Waals surface area contributed by atoms with Crippen LogP contribution in [0, 0.1) is 47.3 Å². The fourth-order valence-corrected chi connectivity index (χ4v) is 11.2. The van der Waals surface area contributed by atoms with Crippen molar-refractivity contribution in [1.29, 1.82) is 0 Å². The molecule has 2 aromatic rings. The lowest BCUT2D eigenvalue weighted by molar-refractivity contribution is -0.372. The van der Waals surface area contributed by atoms with E-state index in [1.165, 1.54) is 36.4 Å². The summed E-state index contributed by atoms with van der Waals surface area (Å²) in [6, 6.07) is 11.9. The van der Waals surface area contributed by atoms with Crippen LogP contribution in [-0.4, -0.2) is 160 Å². The van der Waals surface area contributed by atoms with Gasteiger partial charge in [0.25, 0.3) is 0 Å². The van der Waals surface area contributed by atoms with E-state index in [4.69, 9.17) is 28.4 Å². The maximum atomic E-state index is 14.0. The van der Waals surface area contributed by atoms with Gasteiger partial charge in [-0.25, -0.2) is 9.59 Å². The van der Waals surface area contributed by atoms with E-state index in [0.29, 0.717) is 0 Å². The predicted molar refractivity (Wildman–Crippen MR) is 189 cm³/mol. The molecule has 10 N–H and O–H groups in total. The van der Waals surface area contributed by atoms with Crippen molar-refractivity contribution in [3.8, 4) is 11.5 Å². The van der Waals surface area contributed by atoms with E-state index in [0.717, 1.165) is 0 Å². The second-order valence-corrected chi connectivity index (χ2v) is 16.7. The van der Waals surface area contributed by atoms with Crippen LogP contribution in [0.15, 0.2) is 48.5 Å². The summed E-state index contributed by atoms with van der Waals surface area (Å²) in [6.45, 7) is -2.63. The lowest BCUT2D eigenvalue weighted by Gasteiger charge is -2.84. The molecule has 8 aliphatic carbocycles. The minimum absolute atomic E-state index is 0.0249. The number of para-hydroxylation sites is 2. The number of fused-ring (bicyclic) bond motifs is 2. The third kappa shape index (κ3) is 5.60. The van der Waals surface area contributed by atoms with Crippen LogP contribution in [0.4, 0.5) is 0 Å². The minimum atomic E-state index is -2.87. The van der Waals surface area contributed by atoms with Gasteiger partial charge in [0.05, 0.1) is 13.2 Å². The molecule has 0 spiro atoms. The number of hydrogen-bond donors (Lipinski definition) is 10. The maximum Gasteiger partial charge on any atom is 0.346 e. The largest absolute Gasteiger partial charge is 0.462 e. The molecule has 2 aromatic carbocycles. The molecule has 20 atom stereocenters. The first-order valence-electron chi connectivity index (χ1n) is 19.6. The number of hydrogen-bond acceptors (Lipinski definition) is 20. The van der Waals surface area contributed by atoms with E-state index in [2.05, 4.69) is 0 Å². The van der Waals surface area contributed by atoms with Crippen LogP contribution in [0.1, 0.15) is 11.1 Å². The second-order valence-electron chi connectivity index (χ2n) is 16.7. The molecule has 60 heavy (non-hydrogen) atoms. The summed E-state index contributed by atoms with van der Waals surface area (Å²) in [5, 5.41) is 105. The van der Waals surface area contributed by atoms with Gasteiger partial charge in [-0.1, -0.05) is 36.4 Å². The van der Waals surface area contributed by atoms with Crippen molar-refractivity contribution in [3.63, 3.8) is 0 Å². The quantitative estimate of drug-likeness (QED) is 0.0710. The standard InChI is InChI=1S/C40H44O20/c41-9-17-27(43)29(45)31(47)35(59-17)57-15-7-3-1-5-13(15)11-55-37(51)39(53)25-21-19-20-22(23(19)33(39)49)26(25)40(54,34(50)24(20)21)38(52)56-12-14-6-2-4-8-16(14)58-36-32(48)30(46)28(44)18(10-42)60-36/h1-8,17-32,35-36,41-48,53-54H,9-12H2/t17?,18?,19?,20?,21?,22?,23?,24?,25?,26?,27-,28+,29?,30?,31+,32-,35-,36?,39-,40-/m0/s1. The first-order valence-corrected chi connectivity index (χ1v) is 19.6. The molecule has 20 heteroatoms. The van der Waals surface area contributed by atoms with E-state index in [-0.39, 0.29) is 34.5 Å². The molecule has 8 bridgehead atoms. The molecular formula is C40H44O20. The van der Waals surface area contributed by atoms with Crippen LogP contribution in [0.2, 0.25) is 0 Å². The Morgan fingerprint density at radius 1 is 0.550 bits per heavy atom. The third-order valence-electron chi connectivity index (χ3n) is 14.0. The molecular weight excluding hydrogens is 800 g/mol. The number of aliphatic hydroxyl groups excluding tert-OH is 8. The molecule has 20 nitrogen and oxygen atoms in total. The van der Waals surface area contributed by atoms with Gasteiger partial charge >= 0.3 is 11.9 Å². The Kier molecular flexibility index (Phi) is 10.1. The minimum Gasteiger partial charge on any atom is -0.462 e. The van der Waals surface area contributed by atoms with Crippen LogP contribution in [0.3, 0.4) is 0 Å². The molecule has 2 saturated heterocycles. The highest BCUT2D eigenvalue weighted by Gasteiger charge is 2.93. The zero-order valence-electron chi connectivity index (χ0n) is 31.4. The van der Waals surface area contributed by atoms with E-state index < -0.39 is 158 Å². The van der Waals surface area contributed by atoms with Gasteiger partial charge < -0.3 is 79.5 Å². The number of carbonyl (C=O) groups is 4. The summed E-state index contributed by atoms with van der Waals surface area (Å²) in [6.07, 6.45) is -16.0. The van der Waals surface area contributed by atoms with Gasteiger partial charge in [0, 0.05) is 34.8 Å². The summed E-state index contributed by atoms with van der Waals surface area (Å²) < 4.78 is 33.4. The monoisotopic (exact) mass is 844 g/mol. The van der Waals surface area contributed by atoms with Crippen molar-refractivity contribution in [2.75, 3.05) is 13.2 Å². The smallest absolute Gasteiger partial charge is 0.346 e. The number of ether oxygens (including phenoxy) is 6. The lowest BCUT2D eigenvalue weighted by atomic mass is 9.17. The highest BCUT2D eigenvalue weighted by atomic mass is 16.7. The van der Waals surface area contributed by atoms with Gasteiger partial charge in [0.1, 0.15) is 73.5 Å². The van der Waals surface area contributed by atoms with Crippen LogP contribution < -0.4 is 9.47 Å². The third-order valence-corrected chi connectivity index (χ3v) is 14.0. The lowest BCUT2D eigenvalue weighted by Crippen LogP contribution is -2.94. The van der Waals surface area contributed by atoms with Crippen LogP contribution in [0.25, 0.3) is 0 Å². The zero-order chi connectivity index (χ0) is 42.7. The molecule has 0 radical (unpaired) electrons. The van der Waals surface area contributed by atoms with E-state index in [9.17, 15) is 70.2 Å². The Hall–Kier alpha value is -4.16. The molecule has 12 rings (SSSR count). The number of rotatable bonds is 12. The Labute approximate surface area is 339 Å². The van der Waals surface area contributed by atoms with Gasteiger partial charge in [-0.3, -0.25) is 9.59 Å². The normalized spacial score (nSPS) is 45.6. The molecule has 8 saturated carbocycles. The topological polar surface area (TPSA) is 326 Å². The summed E-state index contributed by atoms with van der Waals surface area (Å²) >= 11 is 0. The second kappa shape index (κ2) is 14.7. The molecule has 2 aliphatic heterocycles. The van der Waals surface area contributed by atoms with Gasteiger partial charge in [0.2, 0.25) is 23.8 Å². The number of Topliss-reactive ketones (excluding diaryl/α,β-unsaturated/α-hetero) is 2. The first kappa shape index (κ1) is 41.2. The molecule has 13 unspecified atom stereocenters. The van der Waals surface area contributed by atoms with E-state index >= 15 is 0 Å². The van der Waals surface area contributed by atoms with Crippen molar-refractivity contribution >= 4 is 23.5 Å². The van der Waals surface area contributed by atoms with Gasteiger partial charge in [-0.15, -0.1) is 0 Å². The van der Waals surface area contributed by atoms with Gasteiger partial charge in [-0.2, -0.15) is 0 Å². The van der Waals surface area contributed by atoms with E-state index in [1.807, 2.05) is 0 Å². The molecule has 0 amide bonds. The molecule has 0 aromatic heterocycles. The van der Waals surface area contributed by atoms with Crippen LogP contribution in [0.5, 0.6) is 11.5 Å². The van der Waals surface area contributed by atoms with Crippen LogP contribution in [-0.2, 0) is 51.3 Å². The average molecular weight is 845 g/mol. The highest BCUT2D eigenvalue weighted by Crippen LogP contribution is 2.84. The van der Waals surface area contributed by atoms with Crippen molar-refractivity contribution in [3.05, 3.63) is 59.7 Å². The summed E-state index contributed by atoms with van der Waals surface area (Å²) in [5.41, 5.74) is -5.44. The number of carbonyl (C=O) groups excluding carboxylic acids is 4. The fourth-order valence-electron chi connectivity index (χ4n) is 11.2. The summed E-state index contributed by atoms with van der Waals surface area (Å²) in [5.74, 6) is -11.3. The number of ketones is 2. The van der Waals surface area contributed by atoms with E-state index in [1.54, 1.807) is 12.1 Å². The Morgan fingerprint density at radius 2 is 0.917 bits per heavy atom. The van der Waals surface area contributed by atoms with Crippen molar-refractivity contribution in [2.45, 2.75) is 85.8 Å². The summed E-state index contributed by atoms with van der Waals surface area (Å²) in [7, 11) is 0. The average Bonchev–Trinajstić information content (AvgIpc) is 3.24. The maximum absolute atomic E-state index is 14.0. The van der Waals surface area contributed by atoms with Crippen molar-refractivity contribution < 1.29 is 98.7 Å². The molecule has 324 valence electrons. The van der Waals surface area contributed by atoms with Crippen molar-refractivity contribution in [2.24, 2.45) is 47.3 Å². The molecule has 10 fully saturated rings. The first-order chi connectivity index (χ1) is 28.6. The SMILES string of the molecule is O=C(OCc1ccccc1OC1OC(CO)[C@@H](O)C(O)[C@@H]1O)[C@@]1(O)C(=O)C2C3C4C5C(=O)[C@](O)(C(=O)OCc6ccccc6O[C@H]6OC(CO)[C@H](O)C(O)[C@H]6O)C(C24)C1C53. The predicted octanol–water partition coefficient (Wildman–Crippen LogP) is -4.57. The van der Waals surface area contributed by atoms with Gasteiger partial charge in [-0.05, 0) is 35.8 Å². The summed E-state index contributed by atoms with van der Waals surface area (Å²) in [4.78, 5) is 55.9. The highest BCUT2D eigenvalue weighted by molar-refractivity contribution is 6.16. The Morgan fingerprint density at radius 3 is 1.28 bits per heavy atom. The zero-order valence-corrected chi connectivity index (χ0v) is 31.4. The molecule has 10 aliphatic rings. The van der Waals surface area contributed by atoms with Gasteiger partial charge in [0.15, 0.2) is 11.6 Å². The number of esters is 2. The van der Waals surface area contributed by atoms with Crippen LogP contribution >= 0.6 is 0 Å². The Bertz CT molecular complexity index is 1920. The Balaban J connectivity index is 0.918. The number of aliphatic hydroxyl groups is 10.